The molecule has 0 aromatic heterocycles. The molecule has 0 spiro atoms. The number of hydrogen-bond acceptors (Lipinski definition) is 1. The second kappa shape index (κ2) is 5.24. The molecule has 0 bridgehead atoms. The Labute approximate surface area is 57.2 Å². The van der Waals surface area contributed by atoms with Crippen LogP contribution in [0, 0.1) is 12.3 Å². The van der Waals surface area contributed by atoms with Gasteiger partial charge in [-0.3, -0.25) is 0 Å². The van der Waals surface area contributed by atoms with E-state index in [1.54, 1.807) is 6.20 Å². The molecule has 0 fully saturated rings. The molecule has 1 nitrogen and oxygen atoms in total. The zero-order valence-electron chi connectivity index (χ0n) is 5.85. The van der Waals surface area contributed by atoms with Gasteiger partial charge >= 0.3 is 0 Å². The molecular weight excluding hydrogens is 110 g/mol. The fraction of sp³-hybridized carbons (Fsp3) is 0.500. The quantitative estimate of drug-likeness (QED) is 0.559. The summed E-state index contributed by atoms with van der Waals surface area (Å²) in [6.45, 7) is 5.65. The predicted molar refractivity (Wildman–Crippen MR) is 40.9 cm³/mol. The van der Waals surface area contributed by atoms with Crippen molar-refractivity contribution in [2.45, 2.75) is 25.8 Å². The number of terminal acetylenes is 1. The third-order valence-corrected chi connectivity index (χ3v) is 1.21. The van der Waals surface area contributed by atoms with Gasteiger partial charge in [0.2, 0.25) is 0 Å². The van der Waals surface area contributed by atoms with Gasteiger partial charge in [0.15, 0.2) is 0 Å². The summed E-state index contributed by atoms with van der Waals surface area (Å²) in [7, 11) is 0. The summed E-state index contributed by atoms with van der Waals surface area (Å²) in [4.78, 5) is 0. The van der Waals surface area contributed by atoms with E-state index in [0.717, 1.165) is 12.8 Å². The van der Waals surface area contributed by atoms with Gasteiger partial charge in [0, 0.05) is 12.5 Å². The van der Waals surface area contributed by atoms with Crippen molar-refractivity contribution in [2.75, 3.05) is 0 Å². The molecule has 1 heteroatoms. The Kier molecular flexibility index (Phi) is 4.72. The Morgan fingerprint density at radius 2 is 2.56 bits per heavy atom. The minimum absolute atomic E-state index is 0.410. The minimum Gasteiger partial charge on any atom is -0.388 e. The third-order valence-electron chi connectivity index (χ3n) is 1.21. The van der Waals surface area contributed by atoms with Crippen molar-refractivity contribution >= 4 is 0 Å². The molecule has 0 saturated heterocycles. The van der Waals surface area contributed by atoms with E-state index < -0.39 is 0 Å². The van der Waals surface area contributed by atoms with Gasteiger partial charge < -0.3 is 5.32 Å². The van der Waals surface area contributed by atoms with E-state index in [2.05, 4.69) is 24.7 Å². The smallest absolute Gasteiger partial charge is 0.0362 e. The van der Waals surface area contributed by atoms with Crippen LogP contribution in [-0.2, 0) is 0 Å². The van der Waals surface area contributed by atoms with Crippen molar-refractivity contribution in [3.63, 3.8) is 0 Å². The zero-order valence-corrected chi connectivity index (χ0v) is 5.85. The van der Waals surface area contributed by atoms with Gasteiger partial charge in [-0.2, -0.15) is 0 Å². The molecule has 0 aliphatic rings. The maximum atomic E-state index is 5.11. The average Bonchev–Trinajstić information content (AvgIpc) is 1.88. The SMILES string of the molecule is C#CCC(CC)NC=C. The van der Waals surface area contributed by atoms with Crippen LogP contribution in [0.2, 0.25) is 0 Å². The maximum Gasteiger partial charge on any atom is 0.0362 e. The molecular formula is C8H13N. The van der Waals surface area contributed by atoms with Crippen LogP contribution < -0.4 is 5.32 Å². The molecule has 1 unspecified atom stereocenters. The molecule has 0 aromatic rings. The van der Waals surface area contributed by atoms with Crippen LogP contribution in [0.4, 0.5) is 0 Å². The summed E-state index contributed by atoms with van der Waals surface area (Å²) < 4.78 is 0. The minimum atomic E-state index is 0.410. The average molecular weight is 123 g/mol. The van der Waals surface area contributed by atoms with Crippen LogP contribution in [0.3, 0.4) is 0 Å². The van der Waals surface area contributed by atoms with Crippen LogP contribution in [0.1, 0.15) is 19.8 Å². The van der Waals surface area contributed by atoms with Crippen molar-refractivity contribution < 1.29 is 0 Å². The Hall–Kier alpha value is -0.900. The first-order chi connectivity index (χ1) is 4.35. The molecule has 0 aliphatic heterocycles. The van der Waals surface area contributed by atoms with Gasteiger partial charge in [-0.05, 0) is 12.6 Å². The fourth-order valence-electron chi connectivity index (χ4n) is 0.630. The fourth-order valence-corrected chi connectivity index (χ4v) is 0.630. The first-order valence-corrected chi connectivity index (χ1v) is 3.15. The first kappa shape index (κ1) is 8.10. The van der Waals surface area contributed by atoms with Crippen molar-refractivity contribution in [3.05, 3.63) is 12.8 Å². The van der Waals surface area contributed by atoms with Crippen molar-refractivity contribution in [1.82, 2.24) is 5.32 Å². The zero-order chi connectivity index (χ0) is 7.11. The topological polar surface area (TPSA) is 12.0 Å². The second-order valence-corrected chi connectivity index (χ2v) is 1.88. The van der Waals surface area contributed by atoms with Gasteiger partial charge in [0.25, 0.3) is 0 Å². The van der Waals surface area contributed by atoms with Crippen molar-refractivity contribution in [2.24, 2.45) is 0 Å². The van der Waals surface area contributed by atoms with Gasteiger partial charge in [0.05, 0.1) is 0 Å². The lowest BCUT2D eigenvalue weighted by Gasteiger charge is -2.09. The Morgan fingerprint density at radius 3 is 2.89 bits per heavy atom. The monoisotopic (exact) mass is 123 g/mol. The molecule has 50 valence electrons. The molecule has 0 rings (SSSR count). The van der Waals surface area contributed by atoms with Gasteiger partial charge in [0.1, 0.15) is 0 Å². The third kappa shape index (κ3) is 3.66. The van der Waals surface area contributed by atoms with E-state index >= 15 is 0 Å². The lowest BCUT2D eigenvalue weighted by atomic mass is 10.2. The van der Waals surface area contributed by atoms with Crippen molar-refractivity contribution in [3.8, 4) is 12.3 Å². The lowest BCUT2D eigenvalue weighted by molar-refractivity contribution is 0.583. The summed E-state index contributed by atoms with van der Waals surface area (Å²) in [5, 5.41) is 3.05. The summed E-state index contributed by atoms with van der Waals surface area (Å²) in [5.74, 6) is 2.59. The molecule has 9 heavy (non-hydrogen) atoms. The molecule has 0 amide bonds. The molecule has 0 radical (unpaired) electrons. The molecule has 1 N–H and O–H groups in total. The highest BCUT2D eigenvalue weighted by Crippen LogP contribution is 1.94. The molecule has 0 saturated carbocycles. The van der Waals surface area contributed by atoms with Crippen LogP contribution in [0.5, 0.6) is 0 Å². The highest BCUT2D eigenvalue weighted by atomic mass is 14.9. The van der Waals surface area contributed by atoms with Crippen LogP contribution in [-0.4, -0.2) is 6.04 Å². The van der Waals surface area contributed by atoms with Gasteiger partial charge in [-0.15, -0.1) is 12.3 Å². The van der Waals surface area contributed by atoms with E-state index in [0.29, 0.717) is 6.04 Å². The highest BCUT2D eigenvalue weighted by molar-refractivity contribution is 4.90. The van der Waals surface area contributed by atoms with Gasteiger partial charge in [-0.1, -0.05) is 13.5 Å². The van der Waals surface area contributed by atoms with Gasteiger partial charge in [-0.25, -0.2) is 0 Å². The summed E-state index contributed by atoms with van der Waals surface area (Å²) in [6.07, 6.45) is 8.63. The molecule has 1 atom stereocenters. The van der Waals surface area contributed by atoms with Crippen molar-refractivity contribution in [1.29, 1.82) is 0 Å². The molecule has 0 heterocycles. The molecule has 0 aliphatic carbocycles. The Balaban J connectivity index is 3.43. The number of nitrogens with one attached hydrogen (secondary N) is 1. The molecule has 0 aromatic carbocycles. The van der Waals surface area contributed by atoms with Crippen LogP contribution in [0.25, 0.3) is 0 Å². The predicted octanol–water partition coefficient (Wildman–Crippen LogP) is 1.52. The van der Waals surface area contributed by atoms with Crippen LogP contribution in [0.15, 0.2) is 12.8 Å². The first-order valence-electron chi connectivity index (χ1n) is 3.15. The Morgan fingerprint density at radius 1 is 1.89 bits per heavy atom. The summed E-state index contributed by atoms with van der Waals surface area (Å²) in [6, 6.07) is 0.410. The van der Waals surface area contributed by atoms with E-state index in [9.17, 15) is 0 Å². The second-order valence-electron chi connectivity index (χ2n) is 1.88. The normalized spacial score (nSPS) is 11.6. The van der Waals surface area contributed by atoms with E-state index in [1.807, 2.05) is 0 Å². The largest absolute Gasteiger partial charge is 0.388 e. The van der Waals surface area contributed by atoms with E-state index in [4.69, 9.17) is 6.42 Å². The van der Waals surface area contributed by atoms with Crippen LogP contribution >= 0.6 is 0 Å². The highest BCUT2D eigenvalue weighted by Gasteiger charge is 1.97. The maximum absolute atomic E-state index is 5.11. The van der Waals surface area contributed by atoms with E-state index in [1.165, 1.54) is 0 Å². The summed E-state index contributed by atoms with van der Waals surface area (Å²) in [5.41, 5.74) is 0. The standard InChI is InChI=1S/C8H13N/c1-4-7-8(5-2)9-6-3/h1,6,8-9H,3,5,7H2,2H3. The lowest BCUT2D eigenvalue weighted by Crippen LogP contribution is -2.21. The van der Waals surface area contributed by atoms with E-state index in [-0.39, 0.29) is 0 Å². The number of hydrogen-bond donors (Lipinski definition) is 1. The summed E-state index contributed by atoms with van der Waals surface area (Å²) >= 11 is 0. The number of rotatable bonds is 4. The Bertz CT molecular complexity index is 110.